The van der Waals surface area contributed by atoms with Gasteiger partial charge in [-0.15, -0.1) is 10.2 Å². The van der Waals surface area contributed by atoms with Crippen molar-refractivity contribution in [3.05, 3.63) is 53.5 Å². The van der Waals surface area contributed by atoms with E-state index in [4.69, 9.17) is 13.9 Å². The van der Waals surface area contributed by atoms with Gasteiger partial charge in [-0.05, 0) is 57.5 Å². The van der Waals surface area contributed by atoms with Gasteiger partial charge < -0.3 is 23.9 Å². The first-order valence-electron chi connectivity index (χ1n) is 12.6. The van der Waals surface area contributed by atoms with E-state index < -0.39 is 21.4 Å². The molecule has 4 aromatic rings. The van der Waals surface area contributed by atoms with Gasteiger partial charge in [0.1, 0.15) is 28.2 Å². The topological polar surface area (TPSA) is 158 Å². The van der Waals surface area contributed by atoms with Crippen LogP contribution in [-0.4, -0.2) is 76.9 Å². The maximum Gasteiger partial charge on any atom is 0.243 e. The van der Waals surface area contributed by atoms with Gasteiger partial charge in [0.25, 0.3) is 0 Å². The molecule has 13 nitrogen and oxygen atoms in total. The molecule has 3 aromatic heterocycles. The number of benzene rings is 1. The van der Waals surface area contributed by atoms with E-state index in [1.165, 1.54) is 18.8 Å². The standard InChI is InChI=1S/C26H31N7O6S/c1-15-11-16(2)28-25(27-15)32-13-18(34)12-19(14-32)40(35,36)31-26-30-29-24(22-10-9-17(3)39-22)33(26)23-20(37-4)7-6-8-21(23)38-5/h6-11,18-19,34H,12-14H2,1-5H3,(H,30,31)/t18-,19+/m0/s1. The summed E-state index contributed by atoms with van der Waals surface area (Å²) in [6.07, 6.45) is -0.888. The number of methoxy groups -OCH3 is 2. The molecule has 0 saturated carbocycles. The summed E-state index contributed by atoms with van der Waals surface area (Å²) >= 11 is 0. The van der Waals surface area contributed by atoms with Crippen LogP contribution in [0, 0.1) is 20.8 Å². The van der Waals surface area contributed by atoms with Crippen LogP contribution in [0.4, 0.5) is 11.9 Å². The number of nitrogens with zero attached hydrogens (tertiary/aromatic N) is 6. The Kier molecular flexibility index (Phi) is 7.38. The van der Waals surface area contributed by atoms with E-state index in [0.717, 1.165) is 11.4 Å². The minimum atomic E-state index is -4.11. The first kappa shape index (κ1) is 27.4. The molecule has 0 spiro atoms. The largest absolute Gasteiger partial charge is 0.494 e. The van der Waals surface area contributed by atoms with Gasteiger partial charge in [0.05, 0.1) is 20.3 Å². The normalized spacial score (nSPS) is 17.6. The van der Waals surface area contributed by atoms with Crippen LogP contribution in [0.1, 0.15) is 23.6 Å². The summed E-state index contributed by atoms with van der Waals surface area (Å²) in [5, 5.41) is 18.1. The highest BCUT2D eigenvalue weighted by Crippen LogP contribution is 2.38. The molecule has 4 heterocycles. The van der Waals surface area contributed by atoms with E-state index in [1.807, 2.05) is 19.9 Å². The average molecular weight is 570 g/mol. The monoisotopic (exact) mass is 569 g/mol. The number of rotatable bonds is 8. The Morgan fingerprint density at radius 3 is 2.27 bits per heavy atom. The highest BCUT2D eigenvalue weighted by molar-refractivity contribution is 7.93. The highest BCUT2D eigenvalue weighted by atomic mass is 32.2. The molecule has 0 bridgehead atoms. The van der Waals surface area contributed by atoms with Crippen molar-refractivity contribution in [2.24, 2.45) is 0 Å². The second kappa shape index (κ2) is 10.8. The molecule has 5 rings (SSSR count). The van der Waals surface area contributed by atoms with Gasteiger partial charge in [0, 0.05) is 24.5 Å². The van der Waals surface area contributed by atoms with Crippen molar-refractivity contribution in [2.75, 3.05) is 36.9 Å². The summed E-state index contributed by atoms with van der Waals surface area (Å²) in [5.74, 6) is 2.32. The van der Waals surface area contributed by atoms with Gasteiger partial charge in [-0.2, -0.15) is 0 Å². The molecule has 212 valence electrons. The molecule has 1 aliphatic heterocycles. The van der Waals surface area contributed by atoms with Crippen LogP contribution in [-0.2, 0) is 10.0 Å². The lowest BCUT2D eigenvalue weighted by atomic mass is 10.1. The number of anilines is 2. The maximum atomic E-state index is 13.8. The van der Waals surface area contributed by atoms with Crippen LogP contribution in [0.25, 0.3) is 17.3 Å². The van der Waals surface area contributed by atoms with Crippen LogP contribution in [0.5, 0.6) is 11.5 Å². The first-order chi connectivity index (χ1) is 19.1. The number of hydrogen-bond donors (Lipinski definition) is 2. The molecule has 0 unspecified atom stereocenters. The number of sulfonamides is 1. The highest BCUT2D eigenvalue weighted by Gasteiger charge is 2.37. The minimum absolute atomic E-state index is 0.0208. The molecule has 0 radical (unpaired) electrons. The molecule has 40 heavy (non-hydrogen) atoms. The zero-order valence-electron chi connectivity index (χ0n) is 22.8. The number of hydrogen-bond acceptors (Lipinski definition) is 11. The number of ether oxygens (including phenoxy) is 2. The van der Waals surface area contributed by atoms with E-state index >= 15 is 0 Å². The van der Waals surface area contributed by atoms with Crippen LogP contribution in [0.15, 0.2) is 40.8 Å². The molecular formula is C26H31N7O6S. The summed E-state index contributed by atoms with van der Waals surface area (Å²) in [5.41, 5.74) is 1.88. The summed E-state index contributed by atoms with van der Waals surface area (Å²) < 4.78 is 48.7. The van der Waals surface area contributed by atoms with Crippen molar-refractivity contribution in [3.8, 4) is 28.8 Å². The van der Waals surface area contributed by atoms with Crippen molar-refractivity contribution < 1.29 is 27.4 Å². The lowest BCUT2D eigenvalue weighted by Crippen LogP contribution is -2.50. The molecule has 1 aromatic carbocycles. The van der Waals surface area contributed by atoms with Crippen LogP contribution in [0.2, 0.25) is 0 Å². The van der Waals surface area contributed by atoms with Crippen LogP contribution >= 0.6 is 0 Å². The zero-order chi connectivity index (χ0) is 28.6. The SMILES string of the molecule is COc1cccc(OC)c1-n1c(NS(=O)(=O)[C@@H]2C[C@H](O)CN(c3nc(C)cc(C)n3)C2)nnc1-c1ccc(C)o1. The fraction of sp³-hybridized carbons (Fsp3) is 0.385. The number of β-amino-alcohol motifs (C(OH)–C–C–N with tert-alkyl or cyclic N) is 1. The number of piperidine rings is 1. The fourth-order valence-corrected chi connectivity index (χ4v) is 6.21. The van der Waals surface area contributed by atoms with Crippen LogP contribution in [0.3, 0.4) is 0 Å². The summed E-state index contributed by atoms with van der Waals surface area (Å²) in [7, 11) is -1.11. The average Bonchev–Trinajstić information content (AvgIpc) is 3.52. The molecule has 0 aliphatic carbocycles. The third-order valence-corrected chi connectivity index (χ3v) is 8.25. The Balaban J connectivity index is 1.56. The number of nitrogens with one attached hydrogen (secondary N) is 1. The molecular weight excluding hydrogens is 538 g/mol. The minimum Gasteiger partial charge on any atom is -0.494 e. The molecule has 2 N–H and O–H groups in total. The van der Waals surface area contributed by atoms with E-state index in [1.54, 1.807) is 42.2 Å². The molecule has 0 amide bonds. The Morgan fingerprint density at radius 1 is 1.00 bits per heavy atom. The third-order valence-electron chi connectivity index (χ3n) is 6.57. The fourth-order valence-electron chi connectivity index (χ4n) is 4.80. The quantitative estimate of drug-likeness (QED) is 0.321. The third kappa shape index (κ3) is 5.31. The summed E-state index contributed by atoms with van der Waals surface area (Å²) in [6.45, 7) is 5.75. The van der Waals surface area contributed by atoms with E-state index in [2.05, 4.69) is 24.9 Å². The zero-order valence-corrected chi connectivity index (χ0v) is 23.6. The molecule has 1 aliphatic rings. The Morgan fingerprint density at radius 2 is 1.68 bits per heavy atom. The van der Waals surface area contributed by atoms with Gasteiger partial charge in [-0.1, -0.05) is 6.07 Å². The van der Waals surface area contributed by atoms with Gasteiger partial charge in [-0.25, -0.2) is 18.4 Å². The predicted octanol–water partition coefficient (Wildman–Crippen LogP) is 2.64. The summed E-state index contributed by atoms with van der Waals surface area (Å²) in [6, 6.07) is 10.5. The van der Waals surface area contributed by atoms with Crippen LogP contribution < -0.4 is 19.1 Å². The smallest absolute Gasteiger partial charge is 0.243 e. The van der Waals surface area contributed by atoms with Crippen molar-refractivity contribution in [3.63, 3.8) is 0 Å². The Hall–Kier alpha value is -4.17. The number of aliphatic hydroxyl groups is 1. The molecule has 1 fully saturated rings. The number of aliphatic hydroxyl groups excluding tert-OH is 1. The van der Waals surface area contributed by atoms with Crippen molar-refractivity contribution in [2.45, 2.75) is 38.5 Å². The second-order valence-electron chi connectivity index (χ2n) is 9.62. The molecule has 1 saturated heterocycles. The van der Waals surface area contributed by atoms with E-state index in [9.17, 15) is 13.5 Å². The van der Waals surface area contributed by atoms with E-state index in [-0.39, 0.29) is 31.3 Å². The number of para-hydroxylation sites is 1. The van der Waals surface area contributed by atoms with Gasteiger partial charge in [-0.3, -0.25) is 9.29 Å². The Labute approximate surface area is 231 Å². The lowest BCUT2D eigenvalue weighted by molar-refractivity contribution is 0.154. The van der Waals surface area contributed by atoms with E-state index in [0.29, 0.717) is 34.7 Å². The van der Waals surface area contributed by atoms with Gasteiger partial charge in [0.15, 0.2) is 5.76 Å². The summed E-state index contributed by atoms with van der Waals surface area (Å²) in [4.78, 5) is 10.6. The van der Waals surface area contributed by atoms with Crippen molar-refractivity contribution in [1.29, 1.82) is 0 Å². The molecule has 14 heteroatoms. The number of aromatic nitrogens is 5. The number of aryl methyl sites for hydroxylation is 3. The first-order valence-corrected chi connectivity index (χ1v) is 14.1. The van der Waals surface area contributed by atoms with Gasteiger partial charge >= 0.3 is 0 Å². The van der Waals surface area contributed by atoms with Crippen molar-refractivity contribution >= 4 is 21.9 Å². The molecule has 2 atom stereocenters. The number of furan rings is 1. The maximum absolute atomic E-state index is 13.8. The van der Waals surface area contributed by atoms with Crippen molar-refractivity contribution in [1.82, 2.24) is 24.7 Å². The Bertz CT molecular complexity index is 1590. The lowest BCUT2D eigenvalue weighted by Gasteiger charge is -2.35. The second-order valence-corrected chi connectivity index (χ2v) is 11.6. The van der Waals surface area contributed by atoms with Gasteiger partial charge in [0.2, 0.25) is 27.7 Å². The predicted molar refractivity (Wildman–Crippen MR) is 148 cm³/mol.